The molecule has 3 rings (SSSR count). The Morgan fingerprint density at radius 1 is 1.12 bits per heavy atom. The number of hydrogen-bond donors (Lipinski definition) is 1. The van der Waals surface area contributed by atoms with Gasteiger partial charge < -0.3 is 15.1 Å². The molecule has 5 nitrogen and oxygen atoms in total. The van der Waals surface area contributed by atoms with Crippen LogP contribution in [0, 0.1) is 0 Å². The van der Waals surface area contributed by atoms with Crippen LogP contribution < -0.4 is 5.32 Å². The second-order valence-corrected chi connectivity index (χ2v) is 6.99. The van der Waals surface area contributed by atoms with Crippen molar-refractivity contribution in [2.24, 2.45) is 0 Å². The van der Waals surface area contributed by atoms with Crippen molar-refractivity contribution in [2.75, 3.05) is 38.0 Å². The second kappa shape index (κ2) is 8.47. The lowest BCUT2D eigenvalue weighted by atomic mass is 10.1. The fourth-order valence-corrected chi connectivity index (χ4v) is 3.69. The van der Waals surface area contributed by atoms with Crippen LogP contribution in [0.1, 0.15) is 55.9 Å². The molecule has 1 saturated carbocycles. The monoisotopic (exact) mass is 330 g/mol. The average Bonchev–Trinajstić information content (AvgIpc) is 2.90. The van der Waals surface area contributed by atoms with Crippen molar-refractivity contribution in [1.82, 2.24) is 14.8 Å². The Morgan fingerprint density at radius 3 is 2.42 bits per heavy atom. The van der Waals surface area contributed by atoms with E-state index in [1.54, 1.807) is 0 Å². The molecule has 1 saturated heterocycles. The molecule has 2 aliphatic rings. The molecule has 1 N–H and O–H groups in total. The molecule has 1 amide bonds. The Kier molecular flexibility index (Phi) is 6.07. The minimum atomic E-state index is 0.0618. The van der Waals surface area contributed by atoms with E-state index in [1.807, 2.05) is 23.2 Å². The lowest BCUT2D eigenvalue weighted by Crippen LogP contribution is -2.48. The van der Waals surface area contributed by atoms with E-state index in [1.165, 1.54) is 38.5 Å². The number of rotatable bonds is 4. The van der Waals surface area contributed by atoms with E-state index >= 15 is 0 Å². The molecule has 0 spiro atoms. The van der Waals surface area contributed by atoms with Gasteiger partial charge in [0.15, 0.2) is 0 Å². The quantitative estimate of drug-likeness (QED) is 0.862. The van der Waals surface area contributed by atoms with Crippen molar-refractivity contribution in [3.05, 3.63) is 24.0 Å². The summed E-state index contributed by atoms with van der Waals surface area (Å²) in [7, 11) is 0. The van der Waals surface area contributed by atoms with E-state index in [9.17, 15) is 4.79 Å². The Labute approximate surface area is 145 Å². The second-order valence-electron chi connectivity index (χ2n) is 6.99. The Bertz CT molecular complexity index is 515. The number of pyridine rings is 1. The third kappa shape index (κ3) is 4.47. The van der Waals surface area contributed by atoms with E-state index in [-0.39, 0.29) is 5.91 Å². The molecule has 1 aliphatic heterocycles. The van der Waals surface area contributed by atoms with Gasteiger partial charge in [-0.15, -0.1) is 0 Å². The number of carbonyl (C=O) groups is 1. The molecule has 1 aromatic heterocycles. The molecule has 1 aromatic rings. The molecular formula is C19H30N4O. The average molecular weight is 330 g/mol. The van der Waals surface area contributed by atoms with E-state index in [4.69, 9.17) is 0 Å². The smallest absolute Gasteiger partial charge is 0.272 e. The molecule has 5 heteroatoms. The van der Waals surface area contributed by atoms with Gasteiger partial charge in [0, 0.05) is 32.2 Å². The molecule has 0 bridgehead atoms. The highest BCUT2D eigenvalue weighted by Gasteiger charge is 2.22. The topological polar surface area (TPSA) is 48.5 Å². The summed E-state index contributed by atoms with van der Waals surface area (Å²) >= 11 is 0. The summed E-state index contributed by atoms with van der Waals surface area (Å²) in [6.07, 6.45) is 9.63. The van der Waals surface area contributed by atoms with Crippen molar-refractivity contribution in [2.45, 2.75) is 51.5 Å². The summed E-state index contributed by atoms with van der Waals surface area (Å²) in [6.45, 7) is 6.75. The van der Waals surface area contributed by atoms with Crippen molar-refractivity contribution < 1.29 is 4.79 Å². The Morgan fingerprint density at radius 2 is 1.83 bits per heavy atom. The van der Waals surface area contributed by atoms with Gasteiger partial charge in [-0.1, -0.05) is 32.6 Å². The van der Waals surface area contributed by atoms with Gasteiger partial charge in [0.05, 0.1) is 11.9 Å². The summed E-state index contributed by atoms with van der Waals surface area (Å²) in [5.74, 6) is 0.0618. The number of nitrogens with one attached hydrogen (secondary N) is 1. The van der Waals surface area contributed by atoms with Crippen LogP contribution >= 0.6 is 0 Å². The summed E-state index contributed by atoms with van der Waals surface area (Å²) in [4.78, 5) is 21.3. The number of hydrogen-bond acceptors (Lipinski definition) is 4. The van der Waals surface area contributed by atoms with Crippen LogP contribution in [0.5, 0.6) is 0 Å². The summed E-state index contributed by atoms with van der Waals surface area (Å²) in [5.41, 5.74) is 1.60. The fraction of sp³-hybridized carbons (Fsp3) is 0.684. The number of carbonyl (C=O) groups excluding carboxylic acids is 1. The minimum absolute atomic E-state index is 0.0618. The van der Waals surface area contributed by atoms with Gasteiger partial charge in [0.25, 0.3) is 5.91 Å². The Balaban J connectivity index is 1.54. The predicted molar refractivity (Wildman–Crippen MR) is 97.4 cm³/mol. The van der Waals surface area contributed by atoms with Gasteiger partial charge in [-0.2, -0.15) is 0 Å². The maximum atomic E-state index is 12.6. The molecule has 2 fully saturated rings. The first kappa shape index (κ1) is 17.2. The van der Waals surface area contributed by atoms with Crippen LogP contribution in [-0.2, 0) is 0 Å². The number of likely N-dealkylation sites (N-methyl/N-ethyl adjacent to an activating group) is 1. The lowest BCUT2D eigenvalue weighted by molar-refractivity contribution is 0.0637. The van der Waals surface area contributed by atoms with Gasteiger partial charge in [-0.3, -0.25) is 4.79 Å². The van der Waals surface area contributed by atoms with Crippen LogP contribution in [0.15, 0.2) is 18.3 Å². The highest BCUT2D eigenvalue weighted by Crippen LogP contribution is 2.21. The normalized spacial score (nSPS) is 20.6. The zero-order valence-electron chi connectivity index (χ0n) is 14.8. The van der Waals surface area contributed by atoms with E-state index in [0.717, 1.165) is 38.4 Å². The first-order valence-electron chi connectivity index (χ1n) is 9.50. The van der Waals surface area contributed by atoms with E-state index in [0.29, 0.717) is 11.7 Å². The van der Waals surface area contributed by atoms with Crippen LogP contribution in [0.2, 0.25) is 0 Å². The number of aromatic nitrogens is 1. The van der Waals surface area contributed by atoms with Crippen molar-refractivity contribution in [3.63, 3.8) is 0 Å². The van der Waals surface area contributed by atoms with Gasteiger partial charge in [0.1, 0.15) is 5.69 Å². The minimum Gasteiger partial charge on any atom is -0.381 e. The molecule has 0 atom stereocenters. The van der Waals surface area contributed by atoms with E-state index in [2.05, 4.69) is 22.1 Å². The Hall–Kier alpha value is -1.62. The molecule has 0 aromatic carbocycles. The zero-order chi connectivity index (χ0) is 16.8. The van der Waals surface area contributed by atoms with Gasteiger partial charge >= 0.3 is 0 Å². The van der Waals surface area contributed by atoms with Gasteiger partial charge in [0.2, 0.25) is 0 Å². The maximum absolute atomic E-state index is 12.6. The zero-order valence-corrected chi connectivity index (χ0v) is 14.8. The number of piperazine rings is 1. The largest absolute Gasteiger partial charge is 0.381 e. The number of nitrogens with zero attached hydrogens (tertiary/aromatic N) is 3. The van der Waals surface area contributed by atoms with Crippen molar-refractivity contribution >= 4 is 11.6 Å². The molecule has 132 valence electrons. The van der Waals surface area contributed by atoms with Crippen molar-refractivity contribution in [3.8, 4) is 0 Å². The van der Waals surface area contributed by atoms with Crippen LogP contribution in [0.4, 0.5) is 5.69 Å². The van der Waals surface area contributed by atoms with Crippen LogP contribution in [0.3, 0.4) is 0 Å². The van der Waals surface area contributed by atoms with Crippen LogP contribution in [0.25, 0.3) is 0 Å². The lowest BCUT2D eigenvalue weighted by Gasteiger charge is -2.33. The van der Waals surface area contributed by atoms with Crippen molar-refractivity contribution in [1.29, 1.82) is 0 Å². The SMILES string of the molecule is CCN1CCN(C(=O)c2ccc(NC3CCCCCC3)cn2)CC1. The standard InChI is InChI=1S/C19H30N4O/c1-2-22-11-13-23(14-12-22)19(24)18-10-9-17(15-20-18)21-16-7-5-3-4-6-8-16/h9-10,15-16,21H,2-8,11-14H2,1H3. The third-order valence-corrected chi connectivity index (χ3v) is 5.32. The van der Waals surface area contributed by atoms with E-state index < -0.39 is 0 Å². The number of amides is 1. The third-order valence-electron chi connectivity index (χ3n) is 5.32. The molecular weight excluding hydrogens is 300 g/mol. The van der Waals surface area contributed by atoms with Crippen LogP contribution in [-0.4, -0.2) is 59.5 Å². The molecule has 1 aliphatic carbocycles. The molecule has 2 heterocycles. The van der Waals surface area contributed by atoms with Gasteiger partial charge in [-0.05, 0) is 31.5 Å². The number of anilines is 1. The summed E-state index contributed by atoms with van der Waals surface area (Å²) in [6, 6.07) is 4.43. The summed E-state index contributed by atoms with van der Waals surface area (Å²) < 4.78 is 0. The summed E-state index contributed by atoms with van der Waals surface area (Å²) in [5, 5.41) is 3.59. The predicted octanol–water partition coefficient (Wildman–Crippen LogP) is 2.99. The molecule has 24 heavy (non-hydrogen) atoms. The highest BCUT2D eigenvalue weighted by molar-refractivity contribution is 5.92. The first-order chi connectivity index (χ1) is 11.8. The molecule has 0 unspecified atom stereocenters. The highest BCUT2D eigenvalue weighted by atomic mass is 16.2. The fourth-order valence-electron chi connectivity index (χ4n) is 3.69. The first-order valence-corrected chi connectivity index (χ1v) is 9.50. The molecule has 0 radical (unpaired) electrons. The maximum Gasteiger partial charge on any atom is 0.272 e. The van der Waals surface area contributed by atoms with Gasteiger partial charge in [-0.25, -0.2) is 4.98 Å².